The first kappa shape index (κ1) is 42.5. The number of hydrogen-bond donors (Lipinski definition) is 0. The molecule has 0 fully saturated rings. The second-order valence-electron chi connectivity index (χ2n) is 12.1. The molecule has 0 atom stereocenters. The quantitative estimate of drug-likeness (QED) is 0.0572. The fourth-order valence-electron chi connectivity index (χ4n) is 4.88. The van der Waals surface area contributed by atoms with Crippen LogP contribution in [0.15, 0.2) is 59.7 Å². The summed E-state index contributed by atoms with van der Waals surface area (Å²) in [4.78, 5) is 52.9. The molecule has 0 radical (unpaired) electrons. The zero-order chi connectivity index (χ0) is 38.3. The molecule has 12 nitrogen and oxygen atoms in total. The molecular formula is C40H50N4O8. The third-order valence-corrected chi connectivity index (χ3v) is 7.69. The Balaban J connectivity index is 1.86. The molecule has 0 spiro atoms. The number of nitriles is 2. The predicted molar refractivity (Wildman–Crippen MR) is 199 cm³/mol. The van der Waals surface area contributed by atoms with Crippen molar-refractivity contribution in [2.24, 2.45) is 0 Å². The van der Waals surface area contributed by atoms with Crippen LogP contribution < -0.4 is 9.80 Å². The number of anilines is 2. The number of unbranched alkanes of at least 4 members (excludes halogenated alkanes) is 2. The van der Waals surface area contributed by atoms with Gasteiger partial charge in [0, 0.05) is 24.5 Å². The van der Waals surface area contributed by atoms with Crippen LogP contribution in [0.2, 0.25) is 0 Å². The van der Waals surface area contributed by atoms with Crippen molar-refractivity contribution in [3.05, 3.63) is 70.8 Å². The van der Waals surface area contributed by atoms with Crippen molar-refractivity contribution in [2.45, 2.75) is 72.3 Å². The first-order valence-corrected chi connectivity index (χ1v) is 17.6. The van der Waals surface area contributed by atoms with E-state index in [2.05, 4.69) is 28.4 Å². The molecular weight excluding hydrogens is 664 g/mol. The largest absolute Gasteiger partial charge is 0.465 e. The van der Waals surface area contributed by atoms with E-state index < -0.39 is 23.9 Å². The van der Waals surface area contributed by atoms with E-state index in [4.69, 9.17) is 14.2 Å². The van der Waals surface area contributed by atoms with Gasteiger partial charge in [-0.15, -0.1) is 0 Å². The lowest BCUT2D eigenvalue weighted by atomic mass is 10.1. The number of nitrogens with zero attached hydrogens (tertiary/aromatic N) is 4. The summed E-state index contributed by atoms with van der Waals surface area (Å²) in [6.07, 6.45) is 6.24. The molecule has 0 heterocycles. The average molecular weight is 715 g/mol. The van der Waals surface area contributed by atoms with E-state index in [0.717, 1.165) is 50.1 Å². The number of hydrogen-bond acceptors (Lipinski definition) is 12. The molecule has 12 heteroatoms. The van der Waals surface area contributed by atoms with Crippen molar-refractivity contribution in [1.82, 2.24) is 0 Å². The average Bonchev–Trinajstić information content (AvgIpc) is 3.14. The lowest BCUT2D eigenvalue weighted by Gasteiger charge is -2.25. The highest BCUT2D eigenvalue weighted by atomic mass is 16.5. The number of rotatable bonds is 22. The highest BCUT2D eigenvalue weighted by Crippen LogP contribution is 2.20. The van der Waals surface area contributed by atoms with Gasteiger partial charge >= 0.3 is 23.9 Å². The highest BCUT2D eigenvalue weighted by molar-refractivity contribution is 5.98. The van der Waals surface area contributed by atoms with Gasteiger partial charge in [0.1, 0.15) is 36.5 Å². The van der Waals surface area contributed by atoms with Crippen molar-refractivity contribution in [3.8, 4) is 12.1 Å². The van der Waals surface area contributed by atoms with Gasteiger partial charge in [0.05, 0.1) is 39.1 Å². The van der Waals surface area contributed by atoms with Crippen LogP contribution in [0.5, 0.6) is 0 Å². The first-order valence-electron chi connectivity index (χ1n) is 17.6. The van der Waals surface area contributed by atoms with Crippen molar-refractivity contribution < 1.29 is 38.1 Å². The molecule has 0 bridgehead atoms. The van der Waals surface area contributed by atoms with Crippen LogP contribution in [0.4, 0.5) is 11.4 Å². The number of methoxy groups -OCH3 is 1. The molecule has 0 aliphatic heterocycles. The fraction of sp³-hybridized carbons (Fsp3) is 0.450. The first-order chi connectivity index (χ1) is 25.0. The molecule has 278 valence electrons. The Morgan fingerprint density at radius 2 is 1.08 bits per heavy atom. The van der Waals surface area contributed by atoms with Gasteiger partial charge in [-0.3, -0.25) is 9.59 Å². The molecule has 0 aliphatic carbocycles. The van der Waals surface area contributed by atoms with Crippen molar-refractivity contribution in [1.29, 1.82) is 10.5 Å². The number of benzene rings is 2. The monoisotopic (exact) mass is 714 g/mol. The van der Waals surface area contributed by atoms with Crippen molar-refractivity contribution >= 4 is 47.4 Å². The lowest BCUT2D eigenvalue weighted by Crippen LogP contribution is -2.30. The minimum absolute atomic E-state index is 0.0824. The summed E-state index contributed by atoms with van der Waals surface area (Å²) in [5.74, 6) is -2.35. The predicted octanol–water partition coefficient (Wildman–Crippen LogP) is 6.40. The molecule has 0 aliphatic rings. The minimum Gasteiger partial charge on any atom is -0.465 e. The maximum absolute atomic E-state index is 12.5. The summed E-state index contributed by atoms with van der Waals surface area (Å²) in [5.41, 5.74) is 2.98. The van der Waals surface area contributed by atoms with Crippen LogP contribution in [0, 0.1) is 22.7 Å². The van der Waals surface area contributed by atoms with Gasteiger partial charge in [-0.05, 0) is 74.2 Å². The third kappa shape index (κ3) is 15.5. The Labute approximate surface area is 307 Å². The van der Waals surface area contributed by atoms with E-state index in [0.29, 0.717) is 24.2 Å². The van der Waals surface area contributed by atoms with Crippen LogP contribution in [0.25, 0.3) is 12.2 Å². The van der Waals surface area contributed by atoms with Crippen LogP contribution >= 0.6 is 0 Å². The number of carbonyl (C=O) groups is 4. The molecule has 52 heavy (non-hydrogen) atoms. The maximum Gasteiger partial charge on any atom is 0.349 e. The Bertz CT molecular complexity index is 1600. The smallest absolute Gasteiger partial charge is 0.349 e. The maximum atomic E-state index is 12.5. The summed E-state index contributed by atoms with van der Waals surface area (Å²) in [6, 6.07) is 18.5. The summed E-state index contributed by atoms with van der Waals surface area (Å²) < 4.78 is 20.6. The van der Waals surface area contributed by atoms with Gasteiger partial charge in [-0.25, -0.2) is 9.59 Å². The van der Waals surface area contributed by atoms with Crippen LogP contribution in [0.1, 0.15) is 77.3 Å². The van der Waals surface area contributed by atoms with Gasteiger partial charge < -0.3 is 28.7 Å². The van der Waals surface area contributed by atoms with Crippen molar-refractivity contribution in [2.75, 3.05) is 56.3 Å². The van der Waals surface area contributed by atoms with E-state index in [-0.39, 0.29) is 43.3 Å². The van der Waals surface area contributed by atoms with Crippen molar-refractivity contribution in [3.63, 3.8) is 0 Å². The highest BCUT2D eigenvalue weighted by Gasteiger charge is 2.15. The van der Waals surface area contributed by atoms with E-state index in [1.54, 1.807) is 26.0 Å². The van der Waals surface area contributed by atoms with E-state index >= 15 is 0 Å². The van der Waals surface area contributed by atoms with E-state index in [1.807, 2.05) is 48.5 Å². The SMILES string of the molecule is CCCCN(CCOC(=O)CCC(=O)OCCN(CCCC)c1ccc(/C=C(\C#N)C(=O)OC(C)C)cc1)c1ccc(/C=C(\C#N)C(=O)OC)cc1. The Morgan fingerprint density at radius 3 is 1.42 bits per heavy atom. The summed E-state index contributed by atoms with van der Waals surface area (Å²) in [5, 5.41) is 18.6. The van der Waals surface area contributed by atoms with Gasteiger partial charge in [-0.2, -0.15) is 10.5 Å². The Kier molecular flexibility index (Phi) is 19.4. The van der Waals surface area contributed by atoms with Crippen LogP contribution in [-0.4, -0.2) is 76.5 Å². The van der Waals surface area contributed by atoms with Gasteiger partial charge in [-0.1, -0.05) is 51.0 Å². The zero-order valence-corrected chi connectivity index (χ0v) is 30.9. The molecule has 0 aromatic heterocycles. The van der Waals surface area contributed by atoms with Crippen LogP contribution in [-0.2, 0) is 38.1 Å². The summed E-state index contributed by atoms with van der Waals surface area (Å²) >= 11 is 0. The minimum atomic E-state index is -0.699. The second kappa shape index (κ2) is 23.7. The molecule has 0 saturated carbocycles. The number of carbonyl (C=O) groups excluding carboxylic acids is 4. The fourth-order valence-corrected chi connectivity index (χ4v) is 4.88. The second-order valence-corrected chi connectivity index (χ2v) is 12.1. The number of esters is 4. The van der Waals surface area contributed by atoms with E-state index in [1.165, 1.54) is 19.3 Å². The third-order valence-electron chi connectivity index (χ3n) is 7.69. The molecule has 0 amide bonds. The van der Waals surface area contributed by atoms with Gasteiger partial charge in [0.15, 0.2) is 0 Å². The molecule has 0 unspecified atom stereocenters. The molecule has 2 rings (SSSR count). The lowest BCUT2D eigenvalue weighted by molar-refractivity contribution is -0.150. The summed E-state index contributed by atoms with van der Waals surface area (Å²) in [6.45, 7) is 10.3. The van der Waals surface area contributed by atoms with Crippen LogP contribution in [0.3, 0.4) is 0 Å². The Hall–Kier alpha value is -5.62. The number of ether oxygens (including phenoxy) is 4. The molecule has 2 aromatic carbocycles. The molecule has 2 aromatic rings. The molecule has 0 saturated heterocycles. The standard InChI is InChI=1S/C40H50N4O8/c1-6-8-20-43(35-14-10-31(11-15-35)26-33(28-41)39(47)49-5)22-24-50-37(45)18-19-38(46)51-25-23-44(21-9-7-2)36-16-12-32(13-17-36)27-34(29-42)40(48)52-30(3)4/h10-17,26-27,30H,6-9,18-25H2,1-5H3/b33-26+,34-27+. The molecule has 0 N–H and O–H groups in total. The normalized spacial score (nSPS) is 11.2. The zero-order valence-electron chi connectivity index (χ0n) is 30.9. The van der Waals surface area contributed by atoms with E-state index in [9.17, 15) is 29.7 Å². The summed E-state index contributed by atoms with van der Waals surface area (Å²) in [7, 11) is 1.22. The van der Waals surface area contributed by atoms with Gasteiger partial charge in [0.25, 0.3) is 0 Å². The topological polar surface area (TPSA) is 159 Å². The van der Waals surface area contributed by atoms with Gasteiger partial charge in [0.2, 0.25) is 0 Å². The Morgan fingerprint density at radius 1 is 0.673 bits per heavy atom.